The highest BCUT2D eigenvalue weighted by Gasteiger charge is 2.35. The van der Waals surface area contributed by atoms with Crippen LogP contribution in [0.1, 0.15) is 31.4 Å². The first kappa shape index (κ1) is 24.4. The van der Waals surface area contributed by atoms with Gasteiger partial charge in [0.25, 0.3) is 0 Å². The molecule has 2 heterocycles. The van der Waals surface area contributed by atoms with E-state index in [0.717, 1.165) is 51.6 Å². The molecule has 3 aromatic carbocycles. The second-order valence-electron chi connectivity index (χ2n) is 9.51. The molecule has 1 amide bonds. The largest absolute Gasteiger partial charge is 0.464 e. The number of nitrogens with zero attached hydrogens (tertiary/aromatic N) is 2. The average molecular weight is 505 g/mol. The first-order valence-corrected chi connectivity index (χ1v) is 14.4. The lowest BCUT2D eigenvalue weighted by atomic mass is 10.0. The van der Waals surface area contributed by atoms with Crippen molar-refractivity contribution in [2.45, 2.75) is 39.3 Å². The number of carbonyl (C=O) groups excluding carboxylic acids is 1. The highest BCUT2D eigenvalue weighted by atomic mass is 32.2. The van der Waals surface area contributed by atoms with Gasteiger partial charge < -0.3 is 14.2 Å². The second kappa shape index (κ2) is 9.97. The molecule has 7 heteroatoms. The van der Waals surface area contributed by atoms with Gasteiger partial charge in [0.1, 0.15) is 5.58 Å². The summed E-state index contributed by atoms with van der Waals surface area (Å²) in [5, 5.41) is 3.09. The minimum atomic E-state index is -3.14. The predicted molar refractivity (Wildman–Crippen MR) is 145 cm³/mol. The van der Waals surface area contributed by atoms with Crippen molar-refractivity contribution in [2.75, 3.05) is 29.5 Å². The molecule has 4 aromatic rings. The Labute approximate surface area is 212 Å². The van der Waals surface area contributed by atoms with Gasteiger partial charge in [0.15, 0.2) is 9.84 Å². The standard InChI is InChI=1S/C29H32N2O4S/c1-3-30(4-2)24-12-9-21(10-13-24)18-31(25-15-16-36(33,34)20-25)28(32)17-23-19-35-27-14-11-22-7-5-6-8-26(22)29(23)27/h5-14,19,25H,3-4,15-18,20H2,1-2H3. The Morgan fingerprint density at radius 1 is 1.00 bits per heavy atom. The molecule has 1 atom stereocenters. The van der Waals surface area contributed by atoms with E-state index in [4.69, 9.17) is 4.42 Å². The van der Waals surface area contributed by atoms with E-state index in [9.17, 15) is 13.2 Å². The van der Waals surface area contributed by atoms with Crippen LogP contribution in [0.3, 0.4) is 0 Å². The zero-order valence-corrected chi connectivity index (χ0v) is 21.6. The maximum Gasteiger partial charge on any atom is 0.227 e. The summed E-state index contributed by atoms with van der Waals surface area (Å²) in [7, 11) is -3.14. The van der Waals surface area contributed by atoms with Crippen molar-refractivity contribution < 1.29 is 17.6 Å². The first-order valence-electron chi connectivity index (χ1n) is 12.6. The lowest BCUT2D eigenvalue weighted by Crippen LogP contribution is -2.41. The van der Waals surface area contributed by atoms with E-state index in [-0.39, 0.29) is 29.9 Å². The van der Waals surface area contributed by atoms with Crippen LogP contribution >= 0.6 is 0 Å². The van der Waals surface area contributed by atoms with Crippen molar-refractivity contribution in [1.29, 1.82) is 0 Å². The van der Waals surface area contributed by atoms with E-state index < -0.39 is 9.84 Å². The Kier molecular flexibility index (Phi) is 6.75. The molecule has 6 nitrogen and oxygen atoms in total. The van der Waals surface area contributed by atoms with Gasteiger partial charge in [0.2, 0.25) is 5.91 Å². The molecular weight excluding hydrogens is 472 g/mol. The summed E-state index contributed by atoms with van der Waals surface area (Å²) in [5.41, 5.74) is 3.71. The minimum absolute atomic E-state index is 0.0192. The fourth-order valence-electron chi connectivity index (χ4n) is 5.31. The smallest absolute Gasteiger partial charge is 0.227 e. The van der Waals surface area contributed by atoms with Crippen molar-refractivity contribution in [3.63, 3.8) is 0 Å². The number of benzene rings is 3. The van der Waals surface area contributed by atoms with Gasteiger partial charge in [-0.05, 0) is 54.8 Å². The Bertz CT molecular complexity index is 1490. The topological polar surface area (TPSA) is 70.8 Å². The van der Waals surface area contributed by atoms with E-state index in [1.54, 1.807) is 11.2 Å². The fourth-order valence-corrected chi connectivity index (χ4v) is 7.04. The Hall–Kier alpha value is -3.32. The summed E-state index contributed by atoms with van der Waals surface area (Å²) in [5.74, 6) is 0.0630. The zero-order chi connectivity index (χ0) is 25.3. The number of hydrogen-bond donors (Lipinski definition) is 0. The maximum absolute atomic E-state index is 13.7. The molecule has 0 N–H and O–H groups in total. The Morgan fingerprint density at radius 2 is 1.75 bits per heavy atom. The SMILES string of the molecule is CCN(CC)c1ccc(CN(C(=O)Cc2coc3ccc4ccccc4c23)C2CCS(=O)(=O)C2)cc1. The molecule has 1 saturated heterocycles. The number of anilines is 1. The zero-order valence-electron chi connectivity index (χ0n) is 20.8. The summed E-state index contributed by atoms with van der Waals surface area (Å²) >= 11 is 0. The predicted octanol–water partition coefficient (Wildman–Crippen LogP) is 5.19. The summed E-state index contributed by atoms with van der Waals surface area (Å²) in [6.45, 7) is 6.48. The van der Waals surface area contributed by atoms with Crippen molar-refractivity contribution in [2.24, 2.45) is 0 Å². The lowest BCUT2D eigenvalue weighted by Gasteiger charge is -2.29. The molecule has 1 aliphatic heterocycles. The number of hydrogen-bond acceptors (Lipinski definition) is 5. The molecule has 1 unspecified atom stereocenters. The Balaban J connectivity index is 1.44. The summed E-state index contributed by atoms with van der Waals surface area (Å²) in [6, 6.07) is 19.9. The van der Waals surface area contributed by atoms with Crippen molar-refractivity contribution in [3.05, 3.63) is 78.1 Å². The minimum Gasteiger partial charge on any atom is -0.464 e. The van der Waals surface area contributed by atoms with Crippen molar-refractivity contribution >= 4 is 43.2 Å². The molecule has 0 aliphatic carbocycles. The normalized spacial score (nSPS) is 17.0. The maximum atomic E-state index is 13.7. The molecule has 1 fully saturated rings. The van der Waals surface area contributed by atoms with E-state index in [2.05, 4.69) is 30.9 Å². The molecule has 1 aliphatic rings. The van der Waals surface area contributed by atoms with Gasteiger partial charge in [0.05, 0.1) is 24.2 Å². The van der Waals surface area contributed by atoms with Crippen LogP contribution in [-0.2, 0) is 27.6 Å². The highest BCUT2D eigenvalue weighted by Crippen LogP contribution is 2.31. The highest BCUT2D eigenvalue weighted by molar-refractivity contribution is 7.91. The van der Waals surface area contributed by atoms with Gasteiger partial charge in [-0.1, -0.05) is 42.5 Å². The number of amides is 1. The van der Waals surface area contributed by atoms with E-state index in [1.165, 1.54) is 0 Å². The van der Waals surface area contributed by atoms with Gasteiger partial charge in [-0.25, -0.2) is 8.42 Å². The van der Waals surface area contributed by atoms with Crippen LogP contribution in [0.2, 0.25) is 0 Å². The second-order valence-corrected chi connectivity index (χ2v) is 11.7. The molecular formula is C29H32N2O4S. The van der Waals surface area contributed by atoms with Crippen LogP contribution < -0.4 is 4.90 Å². The molecule has 0 spiro atoms. The van der Waals surface area contributed by atoms with E-state index >= 15 is 0 Å². The quantitative estimate of drug-likeness (QED) is 0.330. The monoisotopic (exact) mass is 504 g/mol. The number of sulfone groups is 1. The van der Waals surface area contributed by atoms with E-state index in [1.807, 2.05) is 48.5 Å². The van der Waals surface area contributed by atoms with Crippen molar-refractivity contribution in [1.82, 2.24) is 4.90 Å². The third-order valence-corrected chi connectivity index (χ3v) is 9.02. The number of rotatable bonds is 8. The lowest BCUT2D eigenvalue weighted by molar-refractivity contribution is -0.133. The van der Waals surface area contributed by atoms with Gasteiger partial charge in [-0.2, -0.15) is 0 Å². The van der Waals surface area contributed by atoms with Crippen LogP contribution in [0.4, 0.5) is 5.69 Å². The van der Waals surface area contributed by atoms with Crippen LogP contribution in [0.5, 0.6) is 0 Å². The molecule has 1 aromatic heterocycles. The van der Waals surface area contributed by atoms with Crippen molar-refractivity contribution in [3.8, 4) is 0 Å². The molecule has 36 heavy (non-hydrogen) atoms. The Morgan fingerprint density at radius 3 is 2.44 bits per heavy atom. The molecule has 0 saturated carbocycles. The third kappa shape index (κ3) is 4.85. The van der Waals surface area contributed by atoms with E-state index in [0.29, 0.717) is 13.0 Å². The molecule has 188 valence electrons. The summed E-state index contributed by atoms with van der Waals surface area (Å²) in [6.07, 6.45) is 2.30. The van der Waals surface area contributed by atoms with Gasteiger partial charge in [0, 0.05) is 42.3 Å². The van der Waals surface area contributed by atoms with Crippen LogP contribution in [0, 0.1) is 0 Å². The number of carbonyl (C=O) groups is 1. The molecule has 0 radical (unpaired) electrons. The fraction of sp³-hybridized carbons (Fsp3) is 0.345. The van der Waals surface area contributed by atoms with Crippen LogP contribution in [0.25, 0.3) is 21.7 Å². The number of fused-ring (bicyclic) bond motifs is 3. The van der Waals surface area contributed by atoms with Gasteiger partial charge in [-0.15, -0.1) is 0 Å². The first-order chi connectivity index (χ1) is 17.4. The average Bonchev–Trinajstić information content (AvgIpc) is 3.46. The van der Waals surface area contributed by atoms with Crippen LogP contribution in [-0.4, -0.2) is 49.9 Å². The third-order valence-electron chi connectivity index (χ3n) is 7.27. The number of furan rings is 1. The summed E-state index contributed by atoms with van der Waals surface area (Å²) < 4.78 is 30.4. The van der Waals surface area contributed by atoms with Gasteiger partial charge >= 0.3 is 0 Å². The van der Waals surface area contributed by atoms with Gasteiger partial charge in [-0.3, -0.25) is 4.79 Å². The van der Waals surface area contributed by atoms with Crippen LogP contribution in [0.15, 0.2) is 71.3 Å². The molecule has 5 rings (SSSR count). The summed E-state index contributed by atoms with van der Waals surface area (Å²) in [4.78, 5) is 17.8. The molecule has 0 bridgehead atoms.